The molecule has 0 aliphatic heterocycles. The zero-order chi connectivity index (χ0) is 10.0. The fourth-order valence-electron chi connectivity index (χ4n) is 1.05. The Morgan fingerprint density at radius 1 is 1.62 bits per heavy atom. The van der Waals surface area contributed by atoms with E-state index < -0.39 is 4.92 Å². The van der Waals surface area contributed by atoms with Crippen LogP contribution < -0.4 is 9.47 Å². The first-order valence-corrected chi connectivity index (χ1v) is 3.49. The molecule has 0 saturated carbocycles. The lowest BCUT2D eigenvalue weighted by atomic mass is 10.2. The van der Waals surface area contributed by atoms with Crippen molar-refractivity contribution >= 4 is 5.69 Å². The van der Waals surface area contributed by atoms with Crippen molar-refractivity contribution in [1.82, 2.24) is 0 Å². The minimum absolute atomic E-state index is 0.0470. The van der Waals surface area contributed by atoms with E-state index in [1.807, 2.05) is 0 Å². The molecule has 0 saturated heterocycles. The number of hydrogen-bond donors (Lipinski definition) is 0. The largest absolute Gasteiger partial charge is 0.616 e. The van der Waals surface area contributed by atoms with Gasteiger partial charge in [0.15, 0.2) is 6.20 Å². The van der Waals surface area contributed by atoms with Crippen LogP contribution in [0.3, 0.4) is 0 Å². The third-order valence-electron chi connectivity index (χ3n) is 1.66. The van der Waals surface area contributed by atoms with Gasteiger partial charge in [0.1, 0.15) is 5.56 Å². The Morgan fingerprint density at radius 3 is 2.69 bits per heavy atom. The molecule has 6 heteroatoms. The van der Waals surface area contributed by atoms with Crippen molar-refractivity contribution in [2.75, 3.05) is 7.11 Å². The Labute approximate surface area is 74.1 Å². The highest BCUT2D eigenvalue weighted by molar-refractivity contribution is 5.41. The average Bonchev–Trinajstić information content (AvgIpc) is 2.04. The lowest BCUT2D eigenvalue weighted by Gasteiger charge is -2.04. The van der Waals surface area contributed by atoms with E-state index in [4.69, 9.17) is 4.74 Å². The second-order valence-electron chi connectivity index (χ2n) is 2.42. The summed E-state index contributed by atoms with van der Waals surface area (Å²) in [5, 5.41) is 21.5. The molecule has 70 valence electrons. The van der Waals surface area contributed by atoms with Crippen molar-refractivity contribution in [2.24, 2.45) is 0 Å². The van der Waals surface area contributed by atoms with Crippen LogP contribution in [0.1, 0.15) is 5.56 Å². The molecule has 0 spiro atoms. The molecule has 1 heterocycles. The van der Waals surface area contributed by atoms with E-state index in [1.165, 1.54) is 14.0 Å². The van der Waals surface area contributed by atoms with Gasteiger partial charge in [0.05, 0.1) is 18.1 Å². The zero-order valence-electron chi connectivity index (χ0n) is 7.18. The summed E-state index contributed by atoms with van der Waals surface area (Å²) in [6, 6.07) is 1.14. The van der Waals surface area contributed by atoms with E-state index in [-0.39, 0.29) is 17.1 Å². The van der Waals surface area contributed by atoms with E-state index >= 15 is 0 Å². The van der Waals surface area contributed by atoms with Gasteiger partial charge in [-0.2, -0.15) is 0 Å². The predicted molar refractivity (Wildman–Crippen MR) is 43.3 cm³/mol. The van der Waals surface area contributed by atoms with Crippen LogP contribution >= 0.6 is 0 Å². The van der Waals surface area contributed by atoms with Gasteiger partial charge < -0.3 is 9.94 Å². The number of aromatic nitrogens is 1. The Kier molecular flexibility index (Phi) is 2.32. The molecule has 1 rings (SSSR count). The van der Waals surface area contributed by atoms with E-state index in [0.29, 0.717) is 4.73 Å². The van der Waals surface area contributed by atoms with Crippen molar-refractivity contribution in [3.63, 3.8) is 0 Å². The number of nitrogens with zero attached hydrogens (tertiary/aromatic N) is 2. The minimum atomic E-state index is -0.558. The van der Waals surface area contributed by atoms with Gasteiger partial charge in [-0.15, -0.1) is 4.73 Å². The highest BCUT2D eigenvalue weighted by Gasteiger charge is 2.21. The van der Waals surface area contributed by atoms with Crippen molar-refractivity contribution in [3.05, 3.63) is 33.1 Å². The molecule has 13 heavy (non-hydrogen) atoms. The normalized spacial score (nSPS) is 9.69. The summed E-state index contributed by atoms with van der Waals surface area (Å²) in [6.45, 7) is 1.46. The smallest absolute Gasteiger partial charge is 0.389 e. The van der Waals surface area contributed by atoms with Crippen LogP contribution in [0, 0.1) is 22.2 Å². The van der Waals surface area contributed by atoms with Crippen molar-refractivity contribution < 1.29 is 14.4 Å². The van der Waals surface area contributed by atoms with Crippen molar-refractivity contribution in [1.29, 1.82) is 0 Å². The highest BCUT2D eigenvalue weighted by Crippen LogP contribution is 2.22. The van der Waals surface area contributed by atoms with Gasteiger partial charge in [-0.1, -0.05) is 0 Å². The number of pyridine rings is 1. The molecule has 0 aromatic carbocycles. The van der Waals surface area contributed by atoms with E-state index in [0.717, 1.165) is 12.3 Å². The minimum Gasteiger partial charge on any atom is -0.616 e. The van der Waals surface area contributed by atoms with E-state index in [9.17, 15) is 15.3 Å². The molecule has 0 aliphatic rings. The van der Waals surface area contributed by atoms with Gasteiger partial charge in [-0.3, -0.25) is 10.1 Å². The standard InChI is InChI=1S/C7H8N2O4/c1-5-6(9(11)12)3-4-8(10)7(5)13-2/h3-4H,1-2H3. The lowest BCUT2D eigenvalue weighted by Crippen LogP contribution is -2.28. The van der Waals surface area contributed by atoms with Gasteiger partial charge in [0.2, 0.25) is 0 Å². The molecule has 0 unspecified atom stereocenters. The molecule has 0 N–H and O–H groups in total. The van der Waals surface area contributed by atoms with Crippen molar-refractivity contribution in [2.45, 2.75) is 6.92 Å². The molecule has 0 aliphatic carbocycles. The lowest BCUT2D eigenvalue weighted by molar-refractivity contribution is -0.613. The van der Waals surface area contributed by atoms with Crippen LogP contribution in [-0.4, -0.2) is 12.0 Å². The highest BCUT2D eigenvalue weighted by atomic mass is 16.6. The number of nitro groups is 1. The Morgan fingerprint density at radius 2 is 2.23 bits per heavy atom. The van der Waals surface area contributed by atoms with Crippen molar-refractivity contribution in [3.8, 4) is 5.88 Å². The van der Waals surface area contributed by atoms with Gasteiger partial charge in [0, 0.05) is 0 Å². The molecular weight excluding hydrogens is 176 g/mol. The third-order valence-corrected chi connectivity index (χ3v) is 1.66. The number of rotatable bonds is 2. The maximum Gasteiger partial charge on any atom is 0.389 e. The molecule has 0 radical (unpaired) electrons. The summed E-state index contributed by atoms with van der Waals surface area (Å²) in [6.07, 6.45) is 1.05. The fraction of sp³-hybridized carbons (Fsp3) is 0.286. The van der Waals surface area contributed by atoms with Gasteiger partial charge >= 0.3 is 5.88 Å². The fourth-order valence-corrected chi connectivity index (χ4v) is 1.05. The monoisotopic (exact) mass is 184 g/mol. The van der Waals surface area contributed by atoms with Gasteiger partial charge in [-0.25, -0.2) is 0 Å². The van der Waals surface area contributed by atoms with Gasteiger partial charge in [-0.05, 0) is 6.92 Å². The molecule has 1 aromatic rings. The quantitative estimate of drug-likeness (QED) is 0.291. The molecule has 0 atom stereocenters. The van der Waals surface area contributed by atoms with Crippen LogP contribution in [0.15, 0.2) is 12.3 Å². The predicted octanol–water partition coefficient (Wildman–Crippen LogP) is 0.545. The SMILES string of the molecule is COc1c(C)c([N+](=O)[O-])cc[n+]1[O-]. The number of ether oxygens (including phenoxy) is 1. The first kappa shape index (κ1) is 9.24. The van der Waals surface area contributed by atoms with E-state index in [2.05, 4.69) is 0 Å². The topological polar surface area (TPSA) is 79.3 Å². The summed E-state index contributed by atoms with van der Waals surface area (Å²) >= 11 is 0. The summed E-state index contributed by atoms with van der Waals surface area (Å²) < 4.78 is 5.16. The summed E-state index contributed by atoms with van der Waals surface area (Å²) in [5.74, 6) is -0.0470. The summed E-state index contributed by atoms with van der Waals surface area (Å²) in [7, 11) is 1.29. The zero-order valence-corrected chi connectivity index (χ0v) is 7.18. The first-order valence-electron chi connectivity index (χ1n) is 3.49. The number of methoxy groups -OCH3 is 1. The Bertz CT molecular complexity index is 351. The summed E-state index contributed by atoms with van der Waals surface area (Å²) in [4.78, 5) is 9.88. The van der Waals surface area contributed by atoms with Crippen LogP contribution in [-0.2, 0) is 0 Å². The molecule has 0 fully saturated rings. The second kappa shape index (κ2) is 3.26. The van der Waals surface area contributed by atoms with E-state index in [1.54, 1.807) is 0 Å². The Balaban J connectivity index is 3.35. The molecule has 0 bridgehead atoms. The second-order valence-corrected chi connectivity index (χ2v) is 2.42. The van der Waals surface area contributed by atoms with Crippen LogP contribution in [0.25, 0.3) is 0 Å². The first-order chi connectivity index (χ1) is 6.07. The molecular formula is C7H8N2O4. The number of hydrogen-bond acceptors (Lipinski definition) is 4. The molecule has 6 nitrogen and oxygen atoms in total. The molecule has 1 aromatic heterocycles. The third kappa shape index (κ3) is 1.51. The average molecular weight is 184 g/mol. The Hall–Kier alpha value is -1.85. The van der Waals surface area contributed by atoms with Crippen LogP contribution in [0.2, 0.25) is 0 Å². The summed E-state index contributed by atoms with van der Waals surface area (Å²) in [5.41, 5.74) is 0.106. The van der Waals surface area contributed by atoms with Gasteiger partial charge in [0.25, 0.3) is 5.69 Å². The maximum absolute atomic E-state index is 11.0. The van der Waals surface area contributed by atoms with Crippen LogP contribution in [0.5, 0.6) is 5.88 Å². The molecule has 0 amide bonds. The van der Waals surface area contributed by atoms with Crippen LogP contribution in [0.4, 0.5) is 5.69 Å². The maximum atomic E-state index is 11.0.